The van der Waals surface area contributed by atoms with E-state index in [0.717, 1.165) is 12.0 Å². The highest BCUT2D eigenvalue weighted by Crippen LogP contribution is 1.94. The summed E-state index contributed by atoms with van der Waals surface area (Å²) in [6.45, 7) is 0.654. The fraction of sp³-hybridized carbons (Fsp3) is 0.400. The van der Waals surface area contributed by atoms with Gasteiger partial charge in [0.2, 0.25) is 0 Å². The molecule has 1 rings (SSSR count). The van der Waals surface area contributed by atoms with E-state index in [-0.39, 0.29) is 12.4 Å². The number of halogens is 1. The quantitative estimate of drug-likeness (QED) is 0.668. The molecule has 0 aliphatic carbocycles. The van der Waals surface area contributed by atoms with E-state index in [4.69, 9.17) is 5.73 Å². The second kappa shape index (κ2) is 4.35. The Morgan fingerprint density at radius 3 is 2.89 bits per heavy atom. The lowest BCUT2D eigenvalue weighted by atomic mass is 10.3. The summed E-state index contributed by atoms with van der Waals surface area (Å²) < 4.78 is 4.56. The molecule has 0 saturated heterocycles. The Labute approximate surface area is 59.6 Å². The molecular formula is C5H9ClN2O. The van der Waals surface area contributed by atoms with Gasteiger partial charge < -0.3 is 10.3 Å². The maximum absolute atomic E-state index is 5.25. The van der Waals surface area contributed by atoms with Crippen molar-refractivity contribution >= 4 is 12.4 Å². The summed E-state index contributed by atoms with van der Waals surface area (Å²) in [5.74, 6) is 0. The molecule has 0 unspecified atom stereocenters. The van der Waals surface area contributed by atoms with Crippen molar-refractivity contribution in [3.63, 3.8) is 0 Å². The van der Waals surface area contributed by atoms with Gasteiger partial charge in [0.15, 0.2) is 0 Å². The van der Waals surface area contributed by atoms with Crippen LogP contribution in [-0.2, 0) is 6.42 Å². The second-order valence-corrected chi connectivity index (χ2v) is 1.57. The smallest absolute Gasteiger partial charge is 0.127 e. The van der Waals surface area contributed by atoms with E-state index < -0.39 is 0 Å². The van der Waals surface area contributed by atoms with Crippen LogP contribution in [-0.4, -0.2) is 11.7 Å². The fourth-order valence-electron chi connectivity index (χ4n) is 0.517. The summed E-state index contributed by atoms with van der Waals surface area (Å²) in [4.78, 5) is 0. The van der Waals surface area contributed by atoms with Crippen LogP contribution in [0.25, 0.3) is 0 Å². The third-order valence-electron chi connectivity index (χ3n) is 0.916. The zero-order valence-corrected chi connectivity index (χ0v) is 5.73. The van der Waals surface area contributed by atoms with Gasteiger partial charge in [-0.3, -0.25) is 0 Å². The molecule has 0 aliphatic heterocycles. The first-order valence-electron chi connectivity index (χ1n) is 2.52. The Morgan fingerprint density at radius 2 is 2.44 bits per heavy atom. The third-order valence-corrected chi connectivity index (χ3v) is 0.916. The van der Waals surface area contributed by atoms with Crippen LogP contribution in [0.15, 0.2) is 17.0 Å². The van der Waals surface area contributed by atoms with Crippen LogP contribution in [0.1, 0.15) is 5.56 Å². The van der Waals surface area contributed by atoms with Crippen molar-refractivity contribution in [1.82, 2.24) is 5.16 Å². The predicted octanol–water partition coefficient (Wildman–Crippen LogP) is 0.598. The highest BCUT2D eigenvalue weighted by Gasteiger charge is 1.89. The largest absolute Gasteiger partial charge is 0.364 e. The Hall–Kier alpha value is -0.540. The van der Waals surface area contributed by atoms with Crippen molar-refractivity contribution in [3.8, 4) is 0 Å². The van der Waals surface area contributed by atoms with Gasteiger partial charge in [-0.15, -0.1) is 12.4 Å². The summed E-state index contributed by atoms with van der Waals surface area (Å²) in [5, 5.41) is 3.51. The molecule has 0 aromatic carbocycles. The van der Waals surface area contributed by atoms with E-state index in [1.165, 1.54) is 0 Å². The van der Waals surface area contributed by atoms with Crippen LogP contribution in [0.5, 0.6) is 0 Å². The maximum Gasteiger partial charge on any atom is 0.127 e. The minimum absolute atomic E-state index is 0. The van der Waals surface area contributed by atoms with Gasteiger partial charge in [-0.1, -0.05) is 5.16 Å². The van der Waals surface area contributed by atoms with Gasteiger partial charge in [-0.05, 0) is 13.0 Å². The van der Waals surface area contributed by atoms with E-state index in [0.29, 0.717) is 6.54 Å². The highest BCUT2D eigenvalue weighted by molar-refractivity contribution is 5.85. The molecule has 4 heteroatoms. The zero-order chi connectivity index (χ0) is 5.82. The maximum atomic E-state index is 5.25. The Kier molecular flexibility index (Phi) is 4.09. The van der Waals surface area contributed by atoms with Crippen molar-refractivity contribution in [2.45, 2.75) is 6.42 Å². The van der Waals surface area contributed by atoms with E-state index in [1.54, 1.807) is 12.5 Å². The summed E-state index contributed by atoms with van der Waals surface area (Å²) in [7, 11) is 0. The number of aromatic nitrogens is 1. The van der Waals surface area contributed by atoms with Crippen molar-refractivity contribution in [2.75, 3.05) is 6.54 Å². The lowest BCUT2D eigenvalue weighted by Gasteiger charge is -1.83. The van der Waals surface area contributed by atoms with Gasteiger partial charge in [0.25, 0.3) is 0 Å². The van der Waals surface area contributed by atoms with Crippen molar-refractivity contribution in [2.24, 2.45) is 5.73 Å². The van der Waals surface area contributed by atoms with Crippen LogP contribution >= 0.6 is 12.4 Å². The first-order chi connectivity index (χ1) is 3.93. The molecule has 2 N–H and O–H groups in total. The van der Waals surface area contributed by atoms with Crippen LogP contribution in [0.3, 0.4) is 0 Å². The molecule has 0 atom stereocenters. The molecular weight excluding hydrogens is 140 g/mol. The summed E-state index contributed by atoms with van der Waals surface area (Å²) >= 11 is 0. The molecule has 0 bridgehead atoms. The zero-order valence-electron chi connectivity index (χ0n) is 4.91. The summed E-state index contributed by atoms with van der Waals surface area (Å²) in [5.41, 5.74) is 6.31. The van der Waals surface area contributed by atoms with Gasteiger partial charge in [-0.25, -0.2) is 0 Å². The first kappa shape index (κ1) is 8.46. The Bertz CT molecular complexity index is 141. The standard InChI is InChI=1S/C5H8N2O.ClH/c6-2-1-5-3-7-8-4-5;/h3-4H,1-2,6H2;1H. The molecule has 1 aromatic rings. The molecule has 1 aromatic heterocycles. The molecule has 1 heterocycles. The number of nitrogens with two attached hydrogens (primary N) is 1. The number of hydrogen-bond donors (Lipinski definition) is 1. The van der Waals surface area contributed by atoms with Gasteiger partial charge in [0.05, 0.1) is 6.20 Å². The molecule has 0 saturated carbocycles. The number of rotatable bonds is 2. The lowest BCUT2D eigenvalue weighted by Crippen LogP contribution is -2.01. The summed E-state index contributed by atoms with van der Waals surface area (Å²) in [6.07, 6.45) is 4.13. The van der Waals surface area contributed by atoms with Crippen LogP contribution < -0.4 is 5.73 Å². The van der Waals surface area contributed by atoms with Gasteiger partial charge in [0.1, 0.15) is 6.26 Å². The van der Waals surface area contributed by atoms with Crippen LogP contribution in [0, 0.1) is 0 Å². The number of hydrogen-bond acceptors (Lipinski definition) is 3. The van der Waals surface area contributed by atoms with Crippen LogP contribution in [0.4, 0.5) is 0 Å². The van der Waals surface area contributed by atoms with Gasteiger partial charge in [-0.2, -0.15) is 0 Å². The minimum Gasteiger partial charge on any atom is -0.364 e. The van der Waals surface area contributed by atoms with E-state index >= 15 is 0 Å². The van der Waals surface area contributed by atoms with Crippen molar-refractivity contribution in [1.29, 1.82) is 0 Å². The van der Waals surface area contributed by atoms with Crippen molar-refractivity contribution < 1.29 is 4.52 Å². The minimum atomic E-state index is 0. The third kappa shape index (κ3) is 2.49. The SMILES string of the molecule is Cl.NCCc1cnoc1. The predicted molar refractivity (Wildman–Crippen MR) is 36.5 cm³/mol. The molecule has 0 fully saturated rings. The van der Waals surface area contributed by atoms with Gasteiger partial charge >= 0.3 is 0 Å². The Morgan fingerprint density at radius 1 is 1.67 bits per heavy atom. The van der Waals surface area contributed by atoms with E-state index in [9.17, 15) is 0 Å². The highest BCUT2D eigenvalue weighted by atomic mass is 35.5. The molecule has 52 valence electrons. The molecule has 9 heavy (non-hydrogen) atoms. The molecule has 0 spiro atoms. The topological polar surface area (TPSA) is 52.0 Å². The monoisotopic (exact) mass is 148 g/mol. The van der Waals surface area contributed by atoms with Gasteiger partial charge in [0, 0.05) is 5.56 Å². The Balaban J connectivity index is 0.000000640. The first-order valence-corrected chi connectivity index (χ1v) is 2.52. The average Bonchev–Trinajstić information content (AvgIpc) is 2.19. The molecule has 3 nitrogen and oxygen atoms in total. The molecule has 0 aliphatic rings. The van der Waals surface area contributed by atoms with E-state index in [2.05, 4.69) is 9.68 Å². The van der Waals surface area contributed by atoms with Crippen LogP contribution in [0.2, 0.25) is 0 Å². The number of nitrogens with zero attached hydrogens (tertiary/aromatic N) is 1. The molecule has 0 radical (unpaired) electrons. The second-order valence-electron chi connectivity index (χ2n) is 1.57. The average molecular weight is 149 g/mol. The molecule has 0 amide bonds. The fourth-order valence-corrected chi connectivity index (χ4v) is 0.517. The van der Waals surface area contributed by atoms with E-state index in [1.807, 2.05) is 0 Å². The normalized spacial score (nSPS) is 8.56. The van der Waals surface area contributed by atoms with Crippen molar-refractivity contribution in [3.05, 3.63) is 18.0 Å². The summed E-state index contributed by atoms with van der Waals surface area (Å²) in [6, 6.07) is 0. The lowest BCUT2D eigenvalue weighted by molar-refractivity contribution is 0.419.